The van der Waals surface area contributed by atoms with Crippen molar-refractivity contribution in [3.63, 3.8) is 0 Å². The average Bonchev–Trinajstić information content (AvgIpc) is 3.82. The molecule has 2 aromatic heterocycles. The molecular formula is C34H27F7N4O5. The maximum Gasteiger partial charge on any atom is 0.424 e. The Labute approximate surface area is 279 Å². The summed E-state index contributed by atoms with van der Waals surface area (Å²) in [6.45, 7) is -0.478. The van der Waals surface area contributed by atoms with Gasteiger partial charge in [0.15, 0.2) is 0 Å². The van der Waals surface area contributed by atoms with E-state index in [0.29, 0.717) is 6.20 Å². The number of alkyl halides is 6. The van der Waals surface area contributed by atoms with Crippen molar-refractivity contribution in [2.24, 2.45) is 5.73 Å². The highest BCUT2D eigenvalue weighted by atomic mass is 19.4. The highest BCUT2D eigenvalue weighted by Crippen LogP contribution is 2.48. The van der Waals surface area contributed by atoms with Crippen LogP contribution in [0.4, 0.5) is 30.7 Å². The summed E-state index contributed by atoms with van der Waals surface area (Å²) in [6.07, 6.45) is -8.22. The molecule has 3 heterocycles. The minimum absolute atomic E-state index is 0.00507. The van der Waals surface area contributed by atoms with E-state index in [0.717, 1.165) is 43.2 Å². The highest BCUT2D eigenvalue weighted by Gasteiger charge is 2.57. The number of halogens is 7. The molecule has 6 rings (SSSR count). The predicted molar refractivity (Wildman–Crippen MR) is 162 cm³/mol. The molecule has 1 aliphatic heterocycles. The third-order valence-electron chi connectivity index (χ3n) is 8.56. The predicted octanol–water partition coefficient (Wildman–Crippen LogP) is 5.83. The molecule has 0 bridgehead atoms. The third kappa shape index (κ3) is 6.42. The van der Waals surface area contributed by atoms with E-state index in [1.165, 1.54) is 37.3 Å². The van der Waals surface area contributed by atoms with Crippen molar-refractivity contribution in [2.45, 2.75) is 49.2 Å². The molecule has 16 heteroatoms. The lowest BCUT2D eigenvalue weighted by molar-refractivity contribution is -0.265. The van der Waals surface area contributed by atoms with Crippen molar-refractivity contribution < 1.29 is 54.9 Å². The topological polar surface area (TPSA) is 137 Å². The summed E-state index contributed by atoms with van der Waals surface area (Å²) < 4.78 is 109. The van der Waals surface area contributed by atoms with E-state index in [1.54, 1.807) is 0 Å². The third-order valence-corrected chi connectivity index (χ3v) is 8.56. The Bertz CT molecular complexity index is 1970. The number of pyridine rings is 2. The summed E-state index contributed by atoms with van der Waals surface area (Å²) in [4.78, 5) is 33.7. The summed E-state index contributed by atoms with van der Waals surface area (Å²) in [7, 11) is 0. The Balaban J connectivity index is 1.36. The van der Waals surface area contributed by atoms with E-state index in [2.05, 4.69) is 15.3 Å². The molecule has 4 N–H and O–H groups in total. The fourth-order valence-electron chi connectivity index (χ4n) is 5.31. The molecule has 50 heavy (non-hydrogen) atoms. The molecule has 0 spiro atoms. The molecule has 1 aliphatic carbocycles. The van der Waals surface area contributed by atoms with Gasteiger partial charge in [0.25, 0.3) is 5.91 Å². The number of aliphatic hydroxyl groups is 1. The minimum Gasteiger partial charge on any atom is -0.490 e. The number of hydrogen-bond acceptors (Lipinski definition) is 7. The van der Waals surface area contributed by atoms with E-state index in [4.69, 9.17) is 15.2 Å². The Morgan fingerprint density at radius 3 is 2.32 bits per heavy atom. The molecule has 1 fully saturated rings. The molecule has 4 aromatic rings. The van der Waals surface area contributed by atoms with Gasteiger partial charge < -0.3 is 25.6 Å². The second-order valence-electron chi connectivity index (χ2n) is 12.2. The van der Waals surface area contributed by atoms with Gasteiger partial charge in [-0.05, 0) is 80.4 Å². The van der Waals surface area contributed by atoms with Gasteiger partial charge in [-0.15, -0.1) is 0 Å². The van der Waals surface area contributed by atoms with Crippen LogP contribution in [0.25, 0.3) is 22.5 Å². The van der Waals surface area contributed by atoms with Gasteiger partial charge in [0.05, 0.1) is 29.6 Å². The number of benzene rings is 2. The van der Waals surface area contributed by atoms with Crippen LogP contribution in [-0.4, -0.2) is 52.3 Å². The number of nitrogens with one attached hydrogen (secondary N) is 1. The zero-order chi connectivity index (χ0) is 36.2. The van der Waals surface area contributed by atoms with Crippen LogP contribution >= 0.6 is 0 Å². The number of primary amides is 1. The summed E-state index contributed by atoms with van der Waals surface area (Å²) in [5, 5.41) is 13.4. The number of nitrogens with zero attached hydrogens (tertiary/aromatic N) is 2. The van der Waals surface area contributed by atoms with Crippen LogP contribution in [0, 0.1) is 5.82 Å². The summed E-state index contributed by atoms with van der Waals surface area (Å²) in [5.74, 6) is -2.58. The van der Waals surface area contributed by atoms with Gasteiger partial charge in [-0.1, -0.05) is 0 Å². The highest BCUT2D eigenvalue weighted by molar-refractivity contribution is 5.96. The maximum atomic E-state index is 14.8. The van der Waals surface area contributed by atoms with E-state index in [-0.39, 0.29) is 57.9 Å². The number of rotatable bonds is 9. The number of aromatic nitrogens is 2. The molecule has 2 aliphatic rings. The standard InChI is InChI=1S/C34H27F7N4O5/c1-31(30(42)47)16-49-28-23(31)13-26(45-27(28)17-2-6-20(35)7-3-17)32(48,34(39,40)41)15-44-29(46)18-4-11-25(50-21-8-9-21)22(12-18)24-10-5-19(14-43-24)33(36,37)38/h2-7,10-14,21,48H,8-9,15-16H2,1H3,(H2,42,47)(H,44,46)/t31-,32?/m0/s1. The van der Waals surface area contributed by atoms with Gasteiger partial charge in [-0.3, -0.25) is 14.6 Å². The zero-order valence-electron chi connectivity index (χ0n) is 26.0. The van der Waals surface area contributed by atoms with Crippen LogP contribution in [0.5, 0.6) is 11.5 Å². The number of amides is 2. The van der Waals surface area contributed by atoms with Crippen molar-refractivity contribution in [2.75, 3.05) is 13.2 Å². The largest absolute Gasteiger partial charge is 0.490 e. The van der Waals surface area contributed by atoms with E-state index >= 15 is 0 Å². The maximum absolute atomic E-state index is 14.8. The number of nitrogens with two attached hydrogens (primary N) is 1. The first-order chi connectivity index (χ1) is 23.4. The summed E-state index contributed by atoms with van der Waals surface area (Å²) in [5.41, 5.74) is -2.27. The lowest BCUT2D eigenvalue weighted by atomic mass is 9.81. The fourth-order valence-corrected chi connectivity index (χ4v) is 5.31. The second-order valence-corrected chi connectivity index (χ2v) is 12.2. The summed E-state index contributed by atoms with van der Waals surface area (Å²) in [6, 6.07) is 11.0. The van der Waals surface area contributed by atoms with Crippen molar-refractivity contribution in [3.05, 3.63) is 95.1 Å². The molecule has 2 aromatic carbocycles. The average molecular weight is 705 g/mol. The van der Waals surface area contributed by atoms with Gasteiger partial charge in [0.1, 0.15) is 35.0 Å². The van der Waals surface area contributed by atoms with Crippen molar-refractivity contribution in [1.82, 2.24) is 15.3 Å². The van der Waals surface area contributed by atoms with E-state index in [9.17, 15) is 45.4 Å². The monoisotopic (exact) mass is 704 g/mol. The Hall–Kier alpha value is -5.25. The van der Waals surface area contributed by atoms with Crippen LogP contribution in [0.15, 0.2) is 66.9 Å². The molecule has 2 amide bonds. The molecule has 1 unspecified atom stereocenters. The lowest BCUT2D eigenvalue weighted by Crippen LogP contribution is -2.51. The Kier molecular flexibility index (Phi) is 8.49. The fraction of sp³-hybridized carbons (Fsp3) is 0.294. The number of carbonyl (C=O) groups excluding carboxylic acids is 2. The Morgan fingerprint density at radius 1 is 1.04 bits per heavy atom. The van der Waals surface area contributed by atoms with Gasteiger partial charge in [-0.2, -0.15) is 26.3 Å². The smallest absolute Gasteiger partial charge is 0.424 e. The Morgan fingerprint density at radius 2 is 1.74 bits per heavy atom. The normalized spacial score (nSPS) is 18.5. The number of fused-ring (bicyclic) bond motifs is 1. The van der Waals surface area contributed by atoms with Gasteiger partial charge >= 0.3 is 12.4 Å². The molecule has 2 atom stereocenters. The van der Waals surface area contributed by atoms with Crippen molar-refractivity contribution in [3.8, 4) is 34.0 Å². The molecule has 262 valence electrons. The van der Waals surface area contributed by atoms with Gasteiger partial charge in [0.2, 0.25) is 11.5 Å². The number of ether oxygens (including phenoxy) is 2. The molecular weight excluding hydrogens is 677 g/mol. The second kappa shape index (κ2) is 12.3. The zero-order valence-corrected chi connectivity index (χ0v) is 26.0. The summed E-state index contributed by atoms with van der Waals surface area (Å²) >= 11 is 0. The molecule has 9 nitrogen and oxygen atoms in total. The van der Waals surface area contributed by atoms with Gasteiger partial charge in [-0.25, -0.2) is 9.37 Å². The first-order valence-electron chi connectivity index (χ1n) is 15.1. The molecule has 0 radical (unpaired) electrons. The van der Waals surface area contributed by atoms with Crippen molar-refractivity contribution in [1.29, 1.82) is 0 Å². The quantitative estimate of drug-likeness (QED) is 0.187. The van der Waals surface area contributed by atoms with E-state index in [1.807, 2.05) is 0 Å². The first-order valence-corrected chi connectivity index (χ1v) is 15.1. The van der Waals surface area contributed by atoms with Gasteiger partial charge in [0, 0.05) is 28.5 Å². The molecule has 1 saturated carbocycles. The molecule has 0 saturated heterocycles. The van der Waals surface area contributed by atoms with Crippen molar-refractivity contribution >= 4 is 11.8 Å². The minimum atomic E-state index is -5.46. The number of carbonyl (C=O) groups is 2. The van der Waals surface area contributed by atoms with Crippen LogP contribution in [0.2, 0.25) is 0 Å². The number of hydrogen-bond donors (Lipinski definition) is 3. The van der Waals surface area contributed by atoms with Crippen LogP contribution in [-0.2, 0) is 22.0 Å². The van der Waals surface area contributed by atoms with Crippen LogP contribution in [0.3, 0.4) is 0 Å². The SMILES string of the molecule is C[C@]1(C(N)=O)COc2c1cc(C(O)(CNC(=O)c1ccc(OC3CC3)c(-c3ccc(C(F)(F)F)cn3)c1)C(F)(F)F)nc2-c1ccc(F)cc1. The lowest BCUT2D eigenvalue weighted by Gasteiger charge is -2.31. The first kappa shape index (κ1) is 34.6. The van der Waals surface area contributed by atoms with Crippen LogP contribution in [0.1, 0.15) is 46.9 Å². The van der Waals surface area contributed by atoms with E-state index < -0.39 is 58.8 Å². The van der Waals surface area contributed by atoms with Crippen LogP contribution < -0.4 is 20.5 Å².